The summed E-state index contributed by atoms with van der Waals surface area (Å²) in [5, 5.41) is 4.29. The number of para-hydroxylation sites is 1. The van der Waals surface area contributed by atoms with E-state index in [1.54, 1.807) is 10.6 Å². The van der Waals surface area contributed by atoms with Gasteiger partial charge in [0.25, 0.3) is 5.56 Å². The van der Waals surface area contributed by atoms with Crippen LogP contribution in [0.3, 0.4) is 0 Å². The topological polar surface area (TPSA) is 64.0 Å². The Balaban J connectivity index is 1.62. The summed E-state index contributed by atoms with van der Waals surface area (Å²) in [4.78, 5) is 30.6. The largest absolute Gasteiger partial charge is 0.352 e. The number of fused-ring (bicyclic) bond motifs is 1. The zero-order chi connectivity index (χ0) is 21.1. The van der Waals surface area contributed by atoms with Crippen LogP contribution < -0.4 is 10.9 Å². The fourth-order valence-corrected chi connectivity index (χ4v) is 4.86. The molecule has 3 aromatic rings. The van der Waals surface area contributed by atoms with E-state index in [4.69, 9.17) is 4.98 Å². The van der Waals surface area contributed by atoms with E-state index in [2.05, 4.69) is 12.2 Å². The second kappa shape index (κ2) is 9.04. The van der Waals surface area contributed by atoms with Crippen molar-refractivity contribution in [3.63, 3.8) is 0 Å². The standard InChI is InChI=1S/C24H27N3O2S/c1-16-11-13-18(14-12-16)27-23(29)19-8-4-6-10-21(19)26-24(27)30-15-22(28)25-20-9-5-3-7-17(20)2/h4,6,8,10-14,17,20H,3,5,7,9,15H2,1-2H3,(H,25,28)/t17-,20-/m1/s1. The average Bonchev–Trinajstić information content (AvgIpc) is 2.75. The third-order valence-electron chi connectivity index (χ3n) is 5.83. The minimum Gasteiger partial charge on any atom is -0.352 e. The lowest BCUT2D eigenvalue weighted by Gasteiger charge is -2.29. The predicted molar refractivity (Wildman–Crippen MR) is 122 cm³/mol. The van der Waals surface area contributed by atoms with E-state index in [9.17, 15) is 9.59 Å². The molecule has 1 aromatic heterocycles. The Hall–Kier alpha value is -2.60. The first-order valence-electron chi connectivity index (χ1n) is 10.5. The van der Waals surface area contributed by atoms with Gasteiger partial charge in [0.15, 0.2) is 5.16 Å². The van der Waals surface area contributed by atoms with Crippen LogP contribution in [0.4, 0.5) is 0 Å². The van der Waals surface area contributed by atoms with Crippen molar-refractivity contribution < 1.29 is 4.79 Å². The molecule has 0 saturated heterocycles. The molecular formula is C24H27N3O2S. The number of thioether (sulfide) groups is 1. The second-order valence-corrected chi connectivity index (χ2v) is 9.05. The van der Waals surface area contributed by atoms with Crippen molar-refractivity contribution in [2.75, 3.05) is 5.75 Å². The van der Waals surface area contributed by atoms with Crippen LogP contribution in [0.25, 0.3) is 16.6 Å². The minimum absolute atomic E-state index is 0.00314. The van der Waals surface area contributed by atoms with Crippen LogP contribution in [-0.2, 0) is 4.79 Å². The number of aromatic nitrogens is 2. The number of nitrogens with one attached hydrogen (secondary N) is 1. The fourth-order valence-electron chi connectivity index (χ4n) is 4.04. The summed E-state index contributed by atoms with van der Waals surface area (Å²) in [5.74, 6) is 0.744. The van der Waals surface area contributed by atoms with Gasteiger partial charge in [-0.1, -0.05) is 61.4 Å². The molecule has 1 amide bonds. The molecule has 1 N–H and O–H groups in total. The first-order valence-corrected chi connectivity index (χ1v) is 11.5. The first kappa shape index (κ1) is 20.7. The van der Waals surface area contributed by atoms with Gasteiger partial charge in [-0.3, -0.25) is 14.2 Å². The van der Waals surface area contributed by atoms with Crippen LogP contribution in [0.15, 0.2) is 58.5 Å². The molecule has 0 radical (unpaired) electrons. The van der Waals surface area contributed by atoms with Gasteiger partial charge in [0.05, 0.1) is 22.3 Å². The number of hydrogen-bond acceptors (Lipinski definition) is 4. The van der Waals surface area contributed by atoms with Gasteiger partial charge in [0, 0.05) is 6.04 Å². The molecule has 5 nitrogen and oxygen atoms in total. The Morgan fingerprint density at radius 3 is 2.63 bits per heavy atom. The van der Waals surface area contributed by atoms with Crippen molar-refractivity contribution in [3.05, 3.63) is 64.4 Å². The summed E-state index contributed by atoms with van der Waals surface area (Å²) in [5.41, 5.74) is 2.41. The first-order chi connectivity index (χ1) is 14.5. The molecule has 0 bridgehead atoms. The highest BCUT2D eigenvalue weighted by molar-refractivity contribution is 7.99. The zero-order valence-corrected chi connectivity index (χ0v) is 18.2. The van der Waals surface area contributed by atoms with Gasteiger partial charge in [-0.15, -0.1) is 0 Å². The minimum atomic E-state index is -0.117. The number of aryl methyl sites for hydroxylation is 1. The normalized spacial score (nSPS) is 19.0. The molecule has 1 aliphatic carbocycles. The molecule has 2 aromatic carbocycles. The lowest BCUT2D eigenvalue weighted by atomic mass is 9.86. The smallest absolute Gasteiger partial charge is 0.266 e. The van der Waals surface area contributed by atoms with E-state index >= 15 is 0 Å². The van der Waals surface area contributed by atoms with Gasteiger partial charge in [0.2, 0.25) is 5.91 Å². The van der Waals surface area contributed by atoms with Crippen molar-refractivity contribution >= 4 is 28.6 Å². The molecule has 4 rings (SSSR count). The van der Waals surface area contributed by atoms with Crippen molar-refractivity contribution in [1.29, 1.82) is 0 Å². The van der Waals surface area contributed by atoms with Crippen molar-refractivity contribution in [1.82, 2.24) is 14.9 Å². The summed E-state index contributed by atoms with van der Waals surface area (Å²) in [6, 6.07) is 15.4. The molecule has 1 heterocycles. The fraction of sp³-hybridized carbons (Fsp3) is 0.375. The summed E-state index contributed by atoms with van der Waals surface area (Å²) in [6.45, 7) is 4.22. The quantitative estimate of drug-likeness (QED) is 0.487. The average molecular weight is 422 g/mol. The van der Waals surface area contributed by atoms with E-state index < -0.39 is 0 Å². The number of carbonyl (C=O) groups is 1. The van der Waals surface area contributed by atoms with Crippen molar-refractivity contribution in [2.45, 2.75) is 50.7 Å². The summed E-state index contributed by atoms with van der Waals surface area (Å²) < 4.78 is 1.61. The maximum Gasteiger partial charge on any atom is 0.266 e. The SMILES string of the molecule is Cc1ccc(-n2c(SCC(=O)N[C@@H]3CCCC[C@H]3C)nc3ccccc3c2=O)cc1. The molecule has 0 aliphatic heterocycles. The maximum atomic E-state index is 13.2. The number of nitrogens with zero attached hydrogens (tertiary/aromatic N) is 2. The number of hydrogen-bond donors (Lipinski definition) is 1. The van der Waals surface area contributed by atoms with E-state index in [-0.39, 0.29) is 23.3 Å². The molecule has 1 fully saturated rings. The highest BCUT2D eigenvalue weighted by Gasteiger charge is 2.23. The summed E-state index contributed by atoms with van der Waals surface area (Å²) in [6.07, 6.45) is 4.62. The summed E-state index contributed by atoms with van der Waals surface area (Å²) in [7, 11) is 0. The molecule has 30 heavy (non-hydrogen) atoms. The third kappa shape index (κ3) is 4.43. The lowest BCUT2D eigenvalue weighted by Crippen LogP contribution is -2.41. The van der Waals surface area contributed by atoms with Crippen LogP contribution in [-0.4, -0.2) is 27.3 Å². The molecule has 156 valence electrons. The predicted octanol–water partition coefficient (Wildman–Crippen LogP) is 4.48. The van der Waals surface area contributed by atoms with Gasteiger partial charge in [-0.2, -0.15) is 0 Å². The van der Waals surface area contributed by atoms with Gasteiger partial charge in [-0.25, -0.2) is 4.98 Å². The number of benzene rings is 2. The Labute approximate surface area is 180 Å². The molecular weight excluding hydrogens is 394 g/mol. The summed E-state index contributed by atoms with van der Waals surface area (Å²) >= 11 is 1.31. The molecule has 0 unspecified atom stereocenters. The van der Waals surface area contributed by atoms with E-state index in [1.807, 2.05) is 49.4 Å². The van der Waals surface area contributed by atoms with Crippen molar-refractivity contribution in [3.8, 4) is 5.69 Å². The highest BCUT2D eigenvalue weighted by Crippen LogP contribution is 2.25. The number of amides is 1. The van der Waals surface area contributed by atoms with Crippen LogP contribution >= 0.6 is 11.8 Å². The van der Waals surface area contributed by atoms with Crippen molar-refractivity contribution in [2.24, 2.45) is 5.92 Å². The Morgan fingerprint density at radius 1 is 1.13 bits per heavy atom. The molecule has 1 aliphatic rings. The van der Waals surface area contributed by atoms with E-state index in [0.29, 0.717) is 22.0 Å². The zero-order valence-electron chi connectivity index (χ0n) is 17.4. The van der Waals surface area contributed by atoms with Gasteiger partial charge in [0.1, 0.15) is 0 Å². The molecule has 1 saturated carbocycles. The monoisotopic (exact) mass is 421 g/mol. The molecule has 2 atom stereocenters. The third-order valence-corrected chi connectivity index (χ3v) is 6.77. The van der Waals surface area contributed by atoms with Crippen LogP contribution in [0.1, 0.15) is 38.2 Å². The maximum absolute atomic E-state index is 13.2. The van der Waals surface area contributed by atoms with Gasteiger partial charge < -0.3 is 5.32 Å². The van der Waals surface area contributed by atoms with Crippen LogP contribution in [0, 0.1) is 12.8 Å². The Bertz CT molecular complexity index is 1110. The Morgan fingerprint density at radius 2 is 1.87 bits per heavy atom. The second-order valence-electron chi connectivity index (χ2n) is 8.11. The van der Waals surface area contributed by atoms with Crippen LogP contribution in [0.2, 0.25) is 0 Å². The molecule has 0 spiro atoms. The number of rotatable bonds is 5. The van der Waals surface area contributed by atoms with Gasteiger partial charge >= 0.3 is 0 Å². The highest BCUT2D eigenvalue weighted by atomic mass is 32.2. The van der Waals surface area contributed by atoms with Gasteiger partial charge in [-0.05, 0) is 49.9 Å². The van der Waals surface area contributed by atoms with Crippen LogP contribution in [0.5, 0.6) is 0 Å². The Kier molecular flexibility index (Phi) is 6.23. The van der Waals surface area contributed by atoms with E-state index in [1.165, 1.54) is 24.6 Å². The number of carbonyl (C=O) groups excluding carboxylic acids is 1. The molecule has 6 heteroatoms. The van der Waals surface area contributed by atoms with E-state index in [0.717, 1.165) is 24.1 Å². The lowest BCUT2D eigenvalue weighted by molar-refractivity contribution is -0.119.